The maximum absolute atomic E-state index is 15.1. The number of rotatable bonds is 11. The van der Waals surface area contributed by atoms with Crippen LogP contribution in [-0.4, -0.2) is 41.8 Å². The number of ketones is 1. The first kappa shape index (κ1) is 25.9. The Morgan fingerprint density at radius 1 is 1.19 bits per heavy atom. The molecule has 0 aliphatic heterocycles. The van der Waals surface area contributed by atoms with Gasteiger partial charge in [0.1, 0.15) is 23.8 Å². The van der Waals surface area contributed by atoms with Gasteiger partial charge in [0, 0.05) is 47.3 Å². The minimum atomic E-state index is -0.936. The van der Waals surface area contributed by atoms with Crippen LogP contribution in [-0.2, 0) is 4.74 Å². The molecule has 0 saturated heterocycles. The van der Waals surface area contributed by atoms with Crippen molar-refractivity contribution in [1.82, 2.24) is 9.97 Å². The standard InChI is InChI=1S/C26H24ClF2N3O3S/c1-3-10-36-32-22-7-6-21(28)23(24(22)29)25(33)19-14-31-26-18(19)11-15(13-30-26)17-5-4-16(12-20(17)27)35-9-8-34-2/h4-7,11-14,32H,3,8-10H2,1-2H3,(H,30,31). The lowest BCUT2D eigenvalue weighted by Crippen LogP contribution is -2.09. The molecule has 10 heteroatoms. The topological polar surface area (TPSA) is 76.2 Å². The van der Waals surface area contributed by atoms with E-state index in [9.17, 15) is 9.18 Å². The van der Waals surface area contributed by atoms with Gasteiger partial charge >= 0.3 is 0 Å². The summed E-state index contributed by atoms with van der Waals surface area (Å²) < 4.78 is 43.2. The number of hydrogen-bond acceptors (Lipinski definition) is 6. The van der Waals surface area contributed by atoms with Crippen LogP contribution in [0, 0.1) is 11.6 Å². The molecule has 2 heterocycles. The summed E-state index contributed by atoms with van der Waals surface area (Å²) in [6, 6.07) is 9.31. The van der Waals surface area contributed by atoms with Gasteiger partial charge in [0.25, 0.3) is 0 Å². The van der Waals surface area contributed by atoms with Gasteiger partial charge in [0.15, 0.2) is 5.82 Å². The maximum atomic E-state index is 15.1. The van der Waals surface area contributed by atoms with Gasteiger partial charge in [-0.2, -0.15) is 0 Å². The number of nitrogens with one attached hydrogen (secondary N) is 2. The summed E-state index contributed by atoms with van der Waals surface area (Å²) >= 11 is 7.78. The van der Waals surface area contributed by atoms with Gasteiger partial charge in [-0.15, -0.1) is 0 Å². The molecule has 0 saturated carbocycles. The van der Waals surface area contributed by atoms with Crippen molar-refractivity contribution in [3.8, 4) is 16.9 Å². The van der Waals surface area contributed by atoms with E-state index in [2.05, 4.69) is 14.7 Å². The number of hydrogen-bond donors (Lipinski definition) is 2. The number of ether oxygens (including phenoxy) is 2. The minimum Gasteiger partial charge on any atom is -0.491 e. The largest absolute Gasteiger partial charge is 0.491 e. The molecule has 188 valence electrons. The summed E-state index contributed by atoms with van der Waals surface area (Å²) in [5.74, 6) is -1.33. The number of aromatic amines is 1. The molecule has 4 aromatic rings. The number of fused-ring (bicyclic) bond motifs is 1. The Kier molecular flexibility index (Phi) is 8.45. The van der Waals surface area contributed by atoms with Gasteiger partial charge in [0.05, 0.1) is 22.9 Å². The summed E-state index contributed by atoms with van der Waals surface area (Å²) in [4.78, 5) is 20.6. The maximum Gasteiger partial charge on any atom is 0.201 e. The van der Waals surface area contributed by atoms with Gasteiger partial charge in [-0.05, 0) is 42.8 Å². The van der Waals surface area contributed by atoms with E-state index in [0.29, 0.717) is 46.1 Å². The van der Waals surface area contributed by atoms with E-state index >= 15 is 4.39 Å². The molecule has 6 nitrogen and oxygen atoms in total. The number of carbonyl (C=O) groups excluding carboxylic acids is 1. The molecule has 0 unspecified atom stereocenters. The zero-order valence-corrected chi connectivity index (χ0v) is 21.2. The smallest absolute Gasteiger partial charge is 0.201 e. The first-order valence-corrected chi connectivity index (χ1v) is 12.6. The van der Waals surface area contributed by atoms with Crippen LogP contribution in [0.15, 0.2) is 48.8 Å². The first-order chi connectivity index (χ1) is 17.4. The Balaban J connectivity index is 1.68. The molecule has 2 aromatic carbocycles. The molecule has 0 bridgehead atoms. The van der Waals surface area contributed by atoms with Crippen molar-refractivity contribution in [2.45, 2.75) is 13.3 Å². The molecular formula is C26H24ClF2N3O3S. The fraction of sp³-hybridized carbons (Fsp3) is 0.231. The lowest BCUT2D eigenvalue weighted by molar-refractivity contribution is 0.103. The fourth-order valence-electron chi connectivity index (χ4n) is 3.61. The van der Waals surface area contributed by atoms with E-state index in [-0.39, 0.29) is 11.3 Å². The van der Waals surface area contributed by atoms with Crippen molar-refractivity contribution >= 4 is 46.1 Å². The van der Waals surface area contributed by atoms with Crippen molar-refractivity contribution in [2.75, 3.05) is 30.8 Å². The Bertz CT molecular complexity index is 1400. The van der Waals surface area contributed by atoms with Crippen LogP contribution in [0.4, 0.5) is 14.5 Å². The van der Waals surface area contributed by atoms with E-state index < -0.39 is 23.0 Å². The second-order valence-electron chi connectivity index (χ2n) is 7.87. The van der Waals surface area contributed by atoms with Crippen LogP contribution in [0.25, 0.3) is 22.2 Å². The molecule has 0 amide bonds. The molecule has 0 fully saturated rings. The molecule has 0 spiro atoms. The summed E-state index contributed by atoms with van der Waals surface area (Å²) in [6.45, 7) is 2.82. The van der Waals surface area contributed by atoms with Crippen LogP contribution in [0.2, 0.25) is 5.02 Å². The average molecular weight is 532 g/mol. The van der Waals surface area contributed by atoms with Crippen LogP contribution in [0.3, 0.4) is 0 Å². The Morgan fingerprint density at radius 3 is 2.78 bits per heavy atom. The predicted molar refractivity (Wildman–Crippen MR) is 140 cm³/mol. The van der Waals surface area contributed by atoms with E-state index in [1.807, 2.05) is 6.92 Å². The Labute approximate surface area is 216 Å². The quantitative estimate of drug-likeness (QED) is 0.125. The van der Waals surface area contributed by atoms with E-state index in [0.717, 1.165) is 18.2 Å². The van der Waals surface area contributed by atoms with Crippen LogP contribution in [0.1, 0.15) is 29.3 Å². The van der Waals surface area contributed by atoms with Crippen molar-refractivity contribution in [3.63, 3.8) is 0 Å². The third-order valence-corrected chi connectivity index (χ3v) is 6.68. The highest BCUT2D eigenvalue weighted by Crippen LogP contribution is 2.34. The second kappa shape index (κ2) is 11.7. The highest BCUT2D eigenvalue weighted by atomic mass is 35.5. The van der Waals surface area contributed by atoms with Crippen molar-refractivity contribution in [1.29, 1.82) is 0 Å². The number of pyridine rings is 1. The fourth-order valence-corrected chi connectivity index (χ4v) is 4.51. The molecule has 0 atom stereocenters. The number of anilines is 1. The second-order valence-corrected chi connectivity index (χ2v) is 9.18. The van der Waals surface area contributed by atoms with Crippen LogP contribution >= 0.6 is 23.5 Å². The Hall–Kier alpha value is -3.14. The third-order valence-electron chi connectivity index (χ3n) is 5.39. The van der Waals surface area contributed by atoms with E-state index in [1.54, 1.807) is 37.6 Å². The molecule has 0 aliphatic rings. The van der Waals surface area contributed by atoms with Gasteiger partial charge in [-0.1, -0.05) is 30.5 Å². The van der Waals surface area contributed by atoms with Gasteiger partial charge in [0.2, 0.25) is 5.78 Å². The lowest BCUT2D eigenvalue weighted by Gasteiger charge is -2.11. The van der Waals surface area contributed by atoms with E-state index in [4.69, 9.17) is 21.1 Å². The third kappa shape index (κ3) is 5.48. The zero-order valence-electron chi connectivity index (χ0n) is 19.7. The number of nitrogens with zero attached hydrogens (tertiary/aromatic N) is 1. The number of carbonyl (C=O) groups is 1. The lowest BCUT2D eigenvalue weighted by atomic mass is 9.99. The zero-order chi connectivity index (χ0) is 25.7. The highest BCUT2D eigenvalue weighted by Gasteiger charge is 2.25. The molecule has 4 rings (SSSR count). The molecule has 2 aromatic heterocycles. The monoisotopic (exact) mass is 531 g/mol. The van der Waals surface area contributed by atoms with Gasteiger partial charge in [-0.3, -0.25) is 4.79 Å². The average Bonchev–Trinajstić information content (AvgIpc) is 3.29. The van der Waals surface area contributed by atoms with Crippen molar-refractivity contribution < 1.29 is 23.0 Å². The summed E-state index contributed by atoms with van der Waals surface area (Å²) in [5.41, 5.74) is 1.24. The van der Waals surface area contributed by atoms with Gasteiger partial charge in [-0.25, -0.2) is 13.8 Å². The number of methoxy groups -OCH3 is 1. The summed E-state index contributed by atoms with van der Waals surface area (Å²) in [7, 11) is 1.59. The Morgan fingerprint density at radius 2 is 2.03 bits per heavy atom. The normalized spacial score (nSPS) is 11.1. The molecule has 0 radical (unpaired) electrons. The SMILES string of the molecule is CCCSNc1ccc(F)c(C(=O)c2c[nH]c3ncc(-c4ccc(OCCOC)cc4Cl)cc23)c1F. The highest BCUT2D eigenvalue weighted by molar-refractivity contribution is 8.00. The van der Waals surface area contributed by atoms with Crippen LogP contribution in [0.5, 0.6) is 5.75 Å². The molecule has 2 N–H and O–H groups in total. The van der Waals surface area contributed by atoms with Crippen molar-refractivity contribution in [2.24, 2.45) is 0 Å². The molecular weight excluding hydrogens is 508 g/mol. The van der Waals surface area contributed by atoms with Crippen molar-refractivity contribution in [3.05, 3.63) is 76.6 Å². The minimum absolute atomic E-state index is 0.0523. The summed E-state index contributed by atoms with van der Waals surface area (Å²) in [5, 5.41) is 0.849. The van der Waals surface area contributed by atoms with E-state index in [1.165, 1.54) is 24.2 Å². The summed E-state index contributed by atoms with van der Waals surface area (Å²) in [6.07, 6.45) is 3.89. The molecule has 36 heavy (non-hydrogen) atoms. The number of benzene rings is 2. The van der Waals surface area contributed by atoms with Gasteiger partial charge < -0.3 is 19.2 Å². The van der Waals surface area contributed by atoms with Crippen LogP contribution < -0.4 is 9.46 Å². The number of H-pyrrole nitrogens is 1. The molecule has 0 aliphatic carbocycles. The predicted octanol–water partition coefficient (Wildman–Crippen LogP) is 6.89. The first-order valence-electron chi connectivity index (χ1n) is 11.2. The number of aromatic nitrogens is 2. The number of halogens is 3.